The molecule has 3 heteroatoms. The topological polar surface area (TPSA) is 32.3 Å². The Bertz CT molecular complexity index is 489. The van der Waals surface area contributed by atoms with Crippen LogP contribution in [0.25, 0.3) is 0 Å². The first kappa shape index (κ1) is 11.5. The van der Waals surface area contributed by atoms with Crippen molar-refractivity contribution < 1.29 is 4.79 Å². The number of hydrogen-bond acceptors (Lipinski definition) is 2. The van der Waals surface area contributed by atoms with Crippen LogP contribution < -0.4 is 5.32 Å². The summed E-state index contributed by atoms with van der Waals surface area (Å²) in [5, 5.41) is 3.68. The van der Waals surface area contributed by atoms with E-state index in [0.29, 0.717) is 11.9 Å². The summed E-state index contributed by atoms with van der Waals surface area (Å²) in [6.07, 6.45) is 6.83. The number of nitrogens with zero attached hydrogens (tertiary/aromatic N) is 1. The molecule has 1 saturated heterocycles. The maximum atomic E-state index is 12.9. The third kappa shape index (κ3) is 1.71. The zero-order valence-corrected chi connectivity index (χ0v) is 11.1. The van der Waals surface area contributed by atoms with Gasteiger partial charge in [-0.1, -0.05) is 43.2 Å². The molecule has 0 bridgehead atoms. The molecule has 4 rings (SSSR count). The Morgan fingerprint density at radius 2 is 1.79 bits per heavy atom. The maximum absolute atomic E-state index is 12.9. The fraction of sp³-hybridized carbons (Fsp3) is 0.562. The smallest absolute Gasteiger partial charge is 0.244 e. The number of rotatable bonds is 2. The fourth-order valence-electron chi connectivity index (χ4n) is 3.70. The minimum Gasteiger partial charge on any atom is -0.318 e. The van der Waals surface area contributed by atoms with Crippen molar-refractivity contribution in [1.82, 2.24) is 10.2 Å². The lowest BCUT2D eigenvalue weighted by Gasteiger charge is -2.24. The molecule has 2 aliphatic carbocycles. The largest absolute Gasteiger partial charge is 0.318 e. The van der Waals surface area contributed by atoms with E-state index in [0.717, 1.165) is 12.8 Å². The molecule has 1 aromatic rings. The molecule has 2 saturated carbocycles. The SMILES string of the molecule is O=C1N(C2CC2)C(c2ccccc2)NC12CCCC2. The highest BCUT2D eigenvalue weighted by Crippen LogP contribution is 2.45. The average molecular weight is 256 g/mol. The van der Waals surface area contributed by atoms with Gasteiger partial charge in [0.25, 0.3) is 0 Å². The molecule has 1 spiro atoms. The highest BCUT2D eigenvalue weighted by atomic mass is 16.2. The van der Waals surface area contributed by atoms with Crippen molar-refractivity contribution in [3.63, 3.8) is 0 Å². The van der Waals surface area contributed by atoms with E-state index in [2.05, 4.69) is 34.5 Å². The summed E-state index contributed by atoms with van der Waals surface area (Å²) >= 11 is 0. The van der Waals surface area contributed by atoms with E-state index in [-0.39, 0.29) is 11.7 Å². The Morgan fingerprint density at radius 1 is 1.11 bits per heavy atom. The zero-order valence-electron chi connectivity index (χ0n) is 11.1. The molecular weight excluding hydrogens is 236 g/mol. The Balaban J connectivity index is 1.71. The third-order valence-electron chi connectivity index (χ3n) is 4.85. The van der Waals surface area contributed by atoms with E-state index in [1.165, 1.54) is 31.2 Å². The van der Waals surface area contributed by atoms with Crippen LogP contribution in [0.4, 0.5) is 0 Å². The maximum Gasteiger partial charge on any atom is 0.244 e. The molecule has 3 aliphatic rings. The average Bonchev–Trinajstić information content (AvgIpc) is 3.10. The van der Waals surface area contributed by atoms with Gasteiger partial charge in [-0.3, -0.25) is 10.1 Å². The normalized spacial score (nSPS) is 29.4. The van der Waals surface area contributed by atoms with Crippen LogP contribution in [0.1, 0.15) is 50.3 Å². The molecule has 19 heavy (non-hydrogen) atoms. The van der Waals surface area contributed by atoms with Crippen LogP contribution in [0.5, 0.6) is 0 Å². The molecule has 0 aromatic heterocycles. The standard InChI is InChI=1S/C16H20N2O/c19-15-16(10-4-5-11-16)17-14(18(15)13-8-9-13)12-6-2-1-3-7-12/h1-3,6-7,13-14,17H,4-5,8-11H2. The second-order valence-corrected chi connectivity index (χ2v) is 6.19. The summed E-state index contributed by atoms with van der Waals surface area (Å²) in [4.78, 5) is 15.0. The Morgan fingerprint density at radius 3 is 2.42 bits per heavy atom. The molecule has 1 amide bonds. The van der Waals surface area contributed by atoms with Crippen molar-refractivity contribution in [2.45, 2.75) is 56.3 Å². The van der Waals surface area contributed by atoms with Crippen molar-refractivity contribution in [2.75, 3.05) is 0 Å². The van der Waals surface area contributed by atoms with Crippen LogP contribution in [0.15, 0.2) is 30.3 Å². The second kappa shape index (κ2) is 4.07. The minimum atomic E-state index is -0.247. The van der Waals surface area contributed by atoms with Gasteiger partial charge in [0.1, 0.15) is 6.17 Å². The van der Waals surface area contributed by atoms with Crippen LogP contribution in [0.3, 0.4) is 0 Å². The highest BCUT2D eigenvalue weighted by Gasteiger charge is 2.55. The minimum absolute atomic E-state index is 0.0966. The predicted octanol–water partition coefficient (Wildman–Crippen LogP) is 2.59. The molecule has 0 radical (unpaired) electrons. The quantitative estimate of drug-likeness (QED) is 0.882. The first-order valence-corrected chi connectivity index (χ1v) is 7.46. The van der Waals surface area contributed by atoms with Gasteiger partial charge >= 0.3 is 0 Å². The molecule has 1 unspecified atom stereocenters. The highest BCUT2D eigenvalue weighted by molar-refractivity contribution is 5.90. The van der Waals surface area contributed by atoms with Crippen molar-refractivity contribution in [2.24, 2.45) is 0 Å². The van der Waals surface area contributed by atoms with Gasteiger partial charge in [0.15, 0.2) is 0 Å². The Labute approximate surface area is 114 Å². The first-order chi connectivity index (χ1) is 9.30. The van der Waals surface area contributed by atoms with Crippen LogP contribution >= 0.6 is 0 Å². The van der Waals surface area contributed by atoms with Gasteiger partial charge in [0.2, 0.25) is 5.91 Å². The zero-order chi connectivity index (χ0) is 12.9. The number of nitrogens with one attached hydrogen (secondary N) is 1. The monoisotopic (exact) mass is 256 g/mol. The summed E-state index contributed by atoms with van der Waals surface area (Å²) in [6, 6.07) is 10.9. The lowest BCUT2D eigenvalue weighted by atomic mass is 9.98. The van der Waals surface area contributed by atoms with Gasteiger partial charge in [0.05, 0.1) is 5.54 Å². The van der Waals surface area contributed by atoms with Crippen LogP contribution in [0, 0.1) is 0 Å². The summed E-state index contributed by atoms with van der Waals surface area (Å²) < 4.78 is 0. The molecule has 1 heterocycles. The van der Waals surface area contributed by atoms with E-state index in [9.17, 15) is 4.79 Å². The third-order valence-corrected chi connectivity index (χ3v) is 4.85. The van der Waals surface area contributed by atoms with Crippen molar-refractivity contribution >= 4 is 5.91 Å². The number of benzene rings is 1. The Kier molecular flexibility index (Phi) is 2.46. The fourth-order valence-corrected chi connectivity index (χ4v) is 3.70. The molecule has 1 atom stereocenters. The first-order valence-electron chi connectivity index (χ1n) is 7.46. The van der Waals surface area contributed by atoms with Gasteiger partial charge < -0.3 is 4.90 Å². The van der Waals surface area contributed by atoms with E-state index >= 15 is 0 Å². The Hall–Kier alpha value is -1.35. The summed E-state index contributed by atoms with van der Waals surface area (Å²) in [5.41, 5.74) is 0.981. The number of hydrogen-bond donors (Lipinski definition) is 1. The molecule has 3 fully saturated rings. The summed E-state index contributed by atoms with van der Waals surface area (Å²) in [5.74, 6) is 0.362. The van der Waals surface area contributed by atoms with Crippen LogP contribution in [0.2, 0.25) is 0 Å². The lowest BCUT2D eigenvalue weighted by Crippen LogP contribution is -2.44. The predicted molar refractivity (Wildman–Crippen MR) is 73.4 cm³/mol. The molecule has 1 aromatic carbocycles. The van der Waals surface area contributed by atoms with E-state index in [1.807, 2.05) is 6.07 Å². The lowest BCUT2D eigenvalue weighted by molar-refractivity contribution is -0.133. The van der Waals surface area contributed by atoms with Gasteiger partial charge in [-0.2, -0.15) is 0 Å². The van der Waals surface area contributed by atoms with Crippen LogP contribution in [-0.4, -0.2) is 22.4 Å². The van der Waals surface area contributed by atoms with Crippen LogP contribution in [-0.2, 0) is 4.79 Å². The van der Waals surface area contributed by atoms with E-state index < -0.39 is 0 Å². The van der Waals surface area contributed by atoms with E-state index in [1.54, 1.807) is 0 Å². The molecule has 100 valence electrons. The number of carbonyl (C=O) groups is 1. The van der Waals surface area contributed by atoms with Crippen molar-refractivity contribution in [1.29, 1.82) is 0 Å². The molecule has 1 aliphatic heterocycles. The number of amides is 1. The van der Waals surface area contributed by atoms with Gasteiger partial charge in [-0.25, -0.2) is 0 Å². The van der Waals surface area contributed by atoms with Crippen molar-refractivity contribution in [3.8, 4) is 0 Å². The summed E-state index contributed by atoms with van der Waals surface area (Å²) in [7, 11) is 0. The molecule has 1 N–H and O–H groups in total. The second-order valence-electron chi connectivity index (χ2n) is 6.19. The molecule has 3 nitrogen and oxygen atoms in total. The van der Waals surface area contributed by atoms with E-state index in [4.69, 9.17) is 0 Å². The van der Waals surface area contributed by atoms with Crippen molar-refractivity contribution in [3.05, 3.63) is 35.9 Å². The molecular formula is C16H20N2O. The number of carbonyl (C=O) groups excluding carboxylic acids is 1. The van der Waals surface area contributed by atoms with Gasteiger partial charge in [-0.15, -0.1) is 0 Å². The van der Waals surface area contributed by atoms with Gasteiger partial charge in [0, 0.05) is 6.04 Å². The summed E-state index contributed by atoms with van der Waals surface area (Å²) in [6.45, 7) is 0. The van der Waals surface area contributed by atoms with Gasteiger partial charge in [-0.05, 0) is 31.2 Å².